The lowest BCUT2D eigenvalue weighted by molar-refractivity contribution is 0.0635. The zero-order valence-corrected chi connectivity index (χ0v) is 19.0. The monoisotopic (exact) mass is 460 g/mol. The van der Waals surface area contributed by atoms with Crippen molar-refractivity contribution in [3.8, 4) is 11.8 Å². The number of carbonyl (C=O) groups is 2. The summed E-state index contributed by atoms with van der Waals surface area (Å²) in [7, 11) is 1.45. The van der Waals surface area contributed by atoms with E-state index in [1.54, 1.807) is 45.0 Å². The molecule has 2 N–H and O–H groups in total. The van der Waals surface area contributed by atoms with E-state index >= 15 is 0 Å². The number of carbonyl (C=O) groups excluding carboxylic acids is 1. The second-order valence-corrected chi connectivity index (χ2v) is 8.39. The van der Waals surface area contributed by atoms with E-state index in [1.165, 1.54) is 19.3 Å². The highest BCUT2D eigenvalue weighted by molar-refractivity contribution is 6.30. The van der Waals surface area contributed by atoms with Crippen molar-refractivity contribution >= 4 is 29.6 Å². The molecule has 0 spiro atoms. The summed E-state index contributed by atoms with van der Waals surface area (Å²) in [6.07, 6.45) is -0.624. The van der Waals surface area contributed by atoms with Crippen LogP contribution in [0.2, 0.25) is 5.02 Å². The van der Waals surface area contributed by atoms with Crippen LogP contribution in [0.4, 0.5) is 15.4 Å². The zero-order chi connectivity index (χ0) is 23.9. The summed E-state index contributed by atoms with van der Waals surface area (Å²) in [6, 6.07) is 9.98. The topological polar surface area (TPSA) is 125 Å². The molecule has 32 heavy (non-hydrogen) atoms. The predicted octanol–water partition coefficient (Wildman–Crippen LogP) is 5.07. The summed E-state index contributed by atoms with van der Waals surface area (Å²) in [5.74, 6) is 0.505. The standard InChI is InChI=1S/C22H25ClN4O5/c1-22(2,3)32-20(28)26-19-11-14(7-9-25-19)17(8-10-27(4)21(29)30)31-18-12-16(23)6-5-15(18)13-24/h5-7,9,11-12,17H,8,10H2,1-4H3,(H,29,30)(H,25,26,28). The number of nitriles is 1. The highest BCUT2D eigenvalue weighted by Gasteiger charge is 2.21. The molecule has 2 aromatic rings. The van der Waals surface area contributed by atoms with Crippen molar-refractivity contribution in [3.63, 3.8) is 0 Å². The lowest BCUT2D eigenvalue weighted by Gasteiger charge is -2.23. The van der Waals surface area contributed by atoms with Gasteiger partial charge in [-0.1, -0.05) is 11.6 Å². The van der Waals surface area contributed by atoms with Crippen LogP contribution in [0.5, 0.6) is 5.75 Å². The van der Waals surface area contributed by atoms with Crippen molar-refractivity contribution in [1.29, 1.82) is 5.26 Å². The number of aromatic nitrogens is 1. The molecule has 0 radical (unpaired) electrons. The molecule has 1 atom stereocenters. The van der Waals surface area contributed by atoms with E-state index in [4.69, 9.17) is 26.2 Å². The third kappa shape index (κ3) is 7.63. The van der Waals surface area contributed by atoms with Gasteiger partial charge in [-0.15, -0.1) is 0 Å². The van der Waals surface area contributed by atoms with Gasteiger partial charge in [0.2, 0.25) is 0 Å². The Morgan fingerprint density at radius 1 is 1.31 bits per heavy atom. The molecule has 10 heteroatoms. The summed E-state index contributed by atoms with van der Waals surface area (Å²) in [4.78, 5) is 28.5. The molecule has 0 fully saturated rings. The number of hydrogen-bond donors (Lipinski definition) is 2. The SMILES string of the molecule is CN(CCC(Oc1cc(Cl)ccc1C#N)c1ccnc(NC(=O)OC(C)(C)C)c1)C(=O)O. The van der Waals surface area contributed by atoms with Gasteiger partial charge in [-0.3, -0.25) is 5.32 Å². The van der Waals surface area contributed by atoms with Gasteiger partial charge in [-0.2, -0.15) is 5.26 Å². The number of hydrogen-bond acceptors (Lipinski definition) is 6. The Hall–Kier alpha value is -3.51. The summed E-state index contributed by atoms with van der Waals surface area (Å²) in [6.45, 7) is 5.41. The van der Waals surface area contributed by atoms with Gasteiger partial charge in [-0.25, -0.2) is 14.6 Å². The number of benzene rings is 1. The molecular formula is C22H25ClN4O5. The fraction of sp³-hybridized carbons (Fsp3) is 0.364. The summed E-state index contributed by atoms with van der Waals surface area (Å²) in [5.41, 5.74) is 0.232. The molecule has 0 saturated heterocycles. The molecule has 1 unspecified atom stereocenters. The number of carboxylic acid groups (broad SMARTS) is 1. The van der Waals surface area contributed by atoms with Crippen LogP contribution in [-0.4, -0.2) is 46.4 Å². The molecule has 9 nitrogen and oxygen atoms in total. The van der Waals surface area contributed by atoms with Gasteiger partial charge in [-0.05, 0) is 50.6 Å². The second kappa shape index (κ2) is 10.7. The summed E-state index contributed by atoms with van der Waals surface area (Å²) >= 11 is 6.06. The Balaban J connectivity index is 2.31. The van der Waals surface area contributed by atoms with Crippen LogP contribution in [-0.2, 0) is 4.74 Å². The Labute approximate surface area is 191 Å². The molecule has 170 valence electrons. The van der Waals surface area contributed by atoms with E-state index in [0.717, 1.165) is 4.90 Å². The number of amides is 2. The molecule has 0 bridgehead atoms. The Morgan fingerprint density at radius 2 is 2.03 bits per heavy atom. The highest BCUT2D eigenvalue weighted by atomic mass is 35.5. The second-order valence-electron chi connectivity index (χ2n) is 7.95. The van der Waals surface area contributed by atoms with Crippen LogP contribution in [0.25, 0.3) is 0 Å². The maximum Gasteiger partial charge on any atom is 0.413 e. The van der Waals surface area contributed by atoms with Crippen LogP contribution in [0.1, 0.15) is 44.4 Å². The Morgan fingerprint density at radius 3 is 2.66 bits per heavy atom. The third-order valence-corrected chi connectivity index (χ3v) is 4.41. The number of ether oxygens (including phenoxy) is 2. The Kier molecular flexibility index (Phi) is 8.27. The minimum absolute atomic E-state index is 0.166. The quantitative estimate of drug-likeness (QED) is 0.590. The van der Waals surface area contributed by atoms with Crippen LogP contribution < -0.4 is 10.1 Å². The van der Waals surface area contributed by atoms with E-state index in [0.29, 0.717) is 10.6 Å². The lowest BCUT2D eigenvalue weighted by atomic mass is 10.1. The zero-order valence-electron chi connectivity index (χ0n) is 18.3. The van der Waals surface area contributed by atoms with Gasteiger partial charge >= 0.3 is 12.2 Å². The maximum atomic E-state index is 12.1. The Bertz CT molecular complexity index is 1020. The molecule has 2 amide bonds. The molecule has 0 aliphatic carbocycles. The maximum absolute atomic E-state index is 12.1. The molecule has 1 heterocycles. The van der Waals surface area contributed by atoms with Crippen LogP contribution in [0.15, 0.2) is 36.5 Å². The molecule has 0 aliphatic heterocycles. The van der Waals surface area contributed by atoms with Crippen LogP contribution in [0, 0.1) is 11.3 Å². The summed E-state index contributed by atoms with van der Waals surface area (Å²) in [5, 5.41) is 21.5. The number of nitrogens with zero attached hydrogens (tertiary/aromatic N) is 3. The first-order valence-electron chi connectivity index (χ1n) is 9.75. The van der Waals surface area contributed by atoms with Crippen molar-refractivity contribution < 1.29 is 24.2 Å². The van der Waals surface area contributed by atoms with E-state index in [9.17, 15) is 14.9 Å². The van der Waals surface area contributed by atoms with Crippen molar-refractivity contribution in [3.05, 3.63) is 52.7 Å². The van der Waals surface area contributed by atoms with Crippen molar-refractivity contribution in [2.24, 2.45) is 0 Å². The predicted molar refractivity (Wildman–Crippen MR) is 119 cm³/mol. The average Bonchev–Trinajstić information content (AvgIpc) is 2.69. The minimum Gasteiger partial charge on any atom is -0.484 e. The van der Waals surface area contributed by atoms with Crippen LogP contribution >= 0.6 is 11.6 Å². The molecular weight excluding hydrogens is 436 g/mol. The van der Waals surface area contributed by atoms with E-state index in [1.807, 2.05) is 6.07 Å². The van der Waals surface area contributed by atoms with Crippen molar-refractivity contribution in [2.75, 3.05) is 18.9 Å². The van der Waals surface area contributed by atoms with Crippen LogP contribution in [0.3, 0.4) is 0 Å². The van der Waals surface area contributed by atoms with Gasteiger partial charge in [0, 0.05) is 37.3 Å². The number of anilines is 1. The number of pyridine rings is 1. The van der Waals surface area contributed by atoms with Crippen molar-refractivity contribution in [1.82, 2.24) is 9.88 Å². The summed E-state index contributed by atoms with van der Waals surface area (Å²) < 4.78 is 11.3. The van der Waals surface area contributed by atoms with Gasteiger partial charge in [0.25, 0.3) is 0 Å². The smallest absolute Gasteiger partial charge is 0.413 e. The molecule has 2 rings (SSSR count). The molecule has 0 saturated carbocycles. The fourth-order valence-electron chi connectivity index (χ4n) is 2.66. The third-order valence-electron chi connectivity index (χ3n) is 4.17. The van der Waals surface area contributed by atoms with Gasteiger partial charge < -0.3 is 19.5 Å². The first-order chi connectivity index (χ1) is 15.0. The first kappa shape index (κ1) is 24.8. The number of nitrogens with one attached hydrogen (secondary N) is 1. The fourth-order valence-corrected chi connectivity index (χ4v) is 2.83. The largest absolute Gasteiger partial charge is 0.484 e. The molecule has 1 aromatic heterocycles. The van der Waals surface area contributed by atoms with Gasteiger partial charge in [0.1, 0.15) is 29.3 Å². The highest BCUT2D eigenvalue weighted by Crippen LogP contribution is 2.30. The molecule has 1 aromatic carbocycles. The average molecular weight is 461 g/mol. The first-order valence-corrected chi connectivity index (χ1v) is 10.1. The minimum atomic E-state index is -1.08. The van der Waals surface area contributed by atoms with Gasteiger partial charge in [0.05, 0.1) is 5.56 Å². The number of rotatable bonds is 7. The lowest BCUT2D eigenvalue weighted by Crippen LogP contribution is -2.28. The normalized spacial score (nSPS) is 11.8. The van der Waals surface area contributed by atoms with Gasteiger partial charge in [0.15, 0.2) is 0 Å². The van der Waals surface area contributed by atoms with Crippen molar-refractivity contribution in [2.45, 2.75) is 38.9 Å². The molecule has 0 aliphatic rings. The van der Waals surface area contributed by atoms with E-state index in [-0.39, 0.29) is 30.1 Å². The van der Waals surface area contributed by atoms with E-state index < -0.39 is 23.9 Å². The number of halogens is 1. The van der Waals surface area contributed by atoms with E-state index in [2.05, 4.69) is 10.3 Å².